The third-order valence-corrected chi connectivity index (χ3v) is 2.63. The molecule has 0 spiro atoms. The summed E-state index contributed by atoms with van der Waals surface area (Å²) in [5, 5.41) is 2.47. The molecule has 1 aromatic rings. The van der Waals surface area contributed by atoms with E-state index in [1.54, 1.807) is 19.1 Å². The van der Waals surface area contributed by atoms with Crippen molar-refractivity contribution in [2.75, 3.05) is 5.32 Å². The predicted molar refractivity (Wildman–Crippen MR) is 55.4 cm³/mol. The van der Waals surface area contributed by atoms with Gasteiger partial charge >= 0.3 is 0 Å². The molecule has 0 aromatic carbocycles. The molecular formula is C11H12F2N2O. The van der Waals surface area contributed by atoms with Gasteiger partial charge in [0.15, 0.2) is 0 Å². The number of anilines is 1. The molecule has 5 heteroatoms. The third kappa shape index (κ3) is 2.03. The lowest BCUT2D eigenvalue weighted by molar-refractivity contribution is -0.119. The molecule has 1 saturated carbocycles. The number of rotatable bonds is 2. The van der Waals surface area contributed by atoms with E-state index in [0.717, 1.165) is 5.69 Å². The van der Waals surface area contributed by atoms with Gasteiger partial charge in [-0.1, -0.05) is 0 Å². The van der Waals surface area contributed by atoms with Crippen LogP contribution < -0.4 is 5.32 Å². The average Bonchev–Trinajstić information content (AvgIpc) is 2.80. The predicted octanol–water partition coefficient (Wildman–Crippen LogP) is 2.29. The number of amides is 1. The van der Waals surface area contributed by atoms with Crippen molar-refractivity contribution in [2.45, 2.75) is 26.2 Å². The number of hydrogen-bond donors (Lipinski definition) is 1. The summed E-state index contributed by atoms with van der Waals surface area (Å²) in [4.78, 5) is 15.5. The van der Waals surface area contributed by atoms with E-state index in [4.69, 9.17) is 0 Å². The summed E-state index contributed by atoms with van der Waals surface area (Å²) in [6.07, 6.45) is -0.350. The van der Waals surface area contributed by atoms with Crippen LogP contribution in [0.15, 0.2) is 12.1 Å². The van der Waals surface area contributed by atoms with E-state index in [1.165, 1.54) is 0 Å². The maximum absolute atomic E-state index is 12.6. The minimum absolute atomic E-state index is 0.350. The quantitative estimate of drug-likeness (QED) is 0.840. The van der Waals surface area contributed by atoms with Crippen LogP contribution in [0.4, 0.5) is 14.5 Å². The van der Waals surface area contributed by atoms with E-state index in [2.05, 4.69) is 10.3 Å². The zero-order chi connectivity index (χ0) is 11.9. The number of halogens is 2. The van der Waals surface area contributed by atoms with Crippen LogP contribution in [0, 0.1) is 19.8 Å². The van der Waals surface area contributed by atoms with Crippen LogP contribution in [0.3, 0.4) is 0 Å². The Balaban J connectivity index is 2.07. The van der Waals surface area contributed by atoms with Crippen LogP contribution >= 0.6 is 0 Å². The molecule has 0 bridgehead atoms. The van der Waals surface area contributed by atoms with Gasteiger partial charge in [0.2, 0.25) is 5.91 Å². The molecule has 1 unspecified atom stereocenters. The molecule has 1 aliphatic rings. The van der Waals surface area contributed by atoms with Crippen molar-refractivity contribution >= 4 is 11.6 Å². The molecule has 0 radical (unpaired) electrons. The molecule has 2 rings (SSSR count). The lowest BCUT2D eigenvalue weighted by Gasteiger charge is -2.07. The summed E-state index contributed by atoms with van der Waals surface area (Å²) in [7, 11) is 0. The van der Waals surface area contributed by atoms with E-state index in [-0.39, 0.29) is 6.42 Å². The lowest BCUT2D eigenvalue weighted by atomic mass is 10.2. The Hall–Kier alpha value is -1.52. The molecule has 86 valence electrons. The maximum atomic E-state index is 12.6. The van der Waals surface area contributed by atoms with Crippen molar-refractivity contribution in [3.8, 4) is 0 Å². The first-order valence-corrected chi connectivity index (χ1v) is 5.03. The number of nitrogens with one attached hydrogen (secondary N) is 1. The minimum atomic E-state index is -2.82. The van der Waals surface area contributed by atoms with Crippen LogP contribution in [0.2, 0.25) is 0 Å². The van der Waals surface area contributed by atoms with Gasteiger partial charge in [-0.15, -0.1) is 0 Å². The van der Waals surface area contributed by atoms with Crippen molar-refractivity contribution in [2.24, 2.45) is 5.92 Å². The number of carbonyl (C=O) groups is 1. The molecule has 16 heavy (non-hydrogen) atoms. The Morgan fingerprint density at radius 1 is 1.50 bits per heavy atom. The lowest BCUT2D eigenvalue weighted by Crippen LogP contribution is -2.18. The van der Waals surface area contributed by atoms with Crippen LogP contribution in [0.1, 0.15) is 17.8 Å². The molecule has 1 amide bonds. The second-order valence-corrected chi connectivity index (χ2v) is 4.09. The SMILES string of the molecule is Cc1ccc(NC(=O)C2CC2(F)F)c(C)n1. The first-order chi connectivity index (χ1) is 7.40. The number of pyridine rings is 1. The van der Waals surface area contributed by atoms with E-state index in [1.807, 2.05) is 6.92 Å². The number of aryl methyl sites for hydroxylation is 2. The molecule has 1 N–H and O–H groups in total. The Kier molecular flexibility index (Phi) is 2.40. The Bertz CT molecular complexity index is 446. The first-order valence-electron chi connectivity index (χ1n) is 5.03. The fraction of sp³-hybridized carbons (Fsp3) is 0.455. The standard InChI is InChI=1S/C11H12F2N2O/c1-6-3-4-9(7(2)14-6)15-10(16)8-5-11(8,12)13/h3-4,8H,5H2,1-2H3,(H,15,16). The smallest absolute Gasteiger partial charge is 0.260 e. The van der Waals surface area contributed by atoms with E-state index < -0.39 is 17.7 Å². The van der Waals surface area contributed by atoms with Crippen molar-refractivity contribution in [1.29, 1.82) is 0 Å². The molecular weight excluding hydrogens is 214 g/mol. The van der Waals surface area contributed by atoms with Gasteiger partial charge in [0.25, 0.3) is 5.92 Å². The number of carbonyl (C=O) groups excluding carboxylic acids is 1. The average molecular weight is 226 g/mol. The van der Waals surface area contributed by atoms with Crippen LogP contribution in [0.5, 0.6) is 0 Å². The zero-order valence-corrected chi connectivity index (χ0v) is 9.05. The monoisotopic (exact) mass is 226 g/mol. The zero-order valence-electron chi connectivity index (χ0n) is 9.05. The fourth-order valence-electron chi connectivity index (χ4n) is 1.54. The van der Waals surface area contributed by atoms with Gasteiger partial charge < -0.3 is 5.32 Å². The third-order valence-electron chi connectivity index (χ3n) is 2.63. The first kappa shape index (κ1) is 11.0. The number of hydrogen-bond acceptors (Lipinski definition) is 2. The van der Waals surface area contributed by atoms with E-state index in [9.17, 15) is 13.6 Å². The summed E-state index contributed by atoms with van der Waals surface area (Å²) in [5.74, 6) is -4.62. The van der Waals surface area contributed by atoms with Crippen molar-refractivity contribution in [1.82, 2.24) is 4.98 Å². The molecule has 1 fully saturated rings. The minimum Gasteiger partial charge on any atom is -0.324 e. The van der Waals surface area contributed by atoms with Gasteiger partial charge in [-0.2, -0.15) is 0 Å². The van der Waals surface area contributed by atoms with Crippen LogP contribution in [-0.4, -0.2) is 16.8 Å². The topological polar surface area (TPSA) is 42.0 Å². The van der Waals surface area contributed by atoms with Crippen molar-refractivity contribution < 1.29 is 13.6 Å². The number of aromatic nitrogens is 1. The highest BCUT2D eigenvalue weighted by molar-refractivity contribution is 5.95. The van der Waals surface area contributed by atoms with Crippen LogP contribution in [0.25, 0.3) is 0 Å². The van der Waals surface area contributed by atoms with Gasteiger partial charge in [-0.3, -0.25) is 9.78 Å². The van der Waals surface area contributed by atoms with Crippen molar-refractivity contribution in [3.63, 3.8) is 0 Å². The Morgan fingerprint density at radius 2 is 2.12 bits per heavy atom. The second-order valence-electron chi connectivity index (χ2n) is 4.09. The van der Waals surface area contributed by atoms with Crippen molar-refractivity contribution in [3.05, 3.63) is 23.5 Å². The highest BCUT2D eigenvalue weighted by atomic mass is 19.3. The molecule has 0 saturated heterocycles. The molecule has 1 atom stereocenters. The number of alkyl halides is 2. The summed E-state index contributed by atoms with van der Waals surface area (Å²) in [6.45, 7) is 3.56. The molecule has 1 heterocycles. The fourth-order valence-corrected chi connectivity index (χ4v) is 1.54. The second kappa shape index (κ2) is 3.50. The van der Waals surface area contributed by atoms with Gasteiger partial charge in [0, 0.05) is 12.1 Å². The highest BCUT2D eigenvalue weighted by Crippen LogP contribution is 2.49. The maximum Gasteiger partial charge on any atom is 0.260 e. The molecule has 1 aliphatic carbocycles. The highest BCUT2D eigenvalue weighted by Gasteiger charge is 2.61. The van der Waals surface area contributed by atoms with Gasteiger partial charge in [-0.05, 0) is 26.0 Å². The van der Waals surface area contributed by atoms with E-state index >= 15 is 0 Å². The Labute approximate surface area is 91.9 Å². The van der Waals surface area contributed by atoms with Crippen LogP contribution in [-0.2, 0) is 4.79 Å². The van der Waals surface area contributed by atoms with Gasteiger partial charge in [0.1, 0.15) is 5.92 Å². The normalized spacial score (nSPS) is 21.6. The summed E-state index contributed by atoms with van der Waals surface area (Å²) in [6, 6.07) is 3.41. The molecule has 3 nitrogen and oxygen atoms in total. The summed E-state index contributed by atoms with van der Waals surface area (Å²) in [5.41, 5.74) is 1.96. The summed E-state index contributed by atoms with van der Waals surface area (Å²) < 4.78 is 25.3. The molecule has 0 aliphatic heterocycles. The molecule has 1 aromatic heterocycles. The largest absolute Gasteiger partial charge is 0.324 e. The van der Waals surface area contributed by atoms with E-state index in [0.29, 0.717) is 11.4 Å². The number of nitrogens with zero attached hydrogens (tertiary/aromatic N) is 1. The van der Waals surface area contributed by atoms with Gasteiger partial charge in [0.05, 0.1) is 11.4 Å². The van der Waals surface area contributed by atoms with Gasteiger partial charge in [-0.25, -0.2) is 8.78 Å². The summed E-state index contributed by atoms with van der Waals surface area (Å²) >= 11 is 0. The Morgan fingerprint density at radius 3 is 2.62 bits per heavy atom.